The summed E-state index contributed by atoms with van der Waals surface area (Å²) in [6, 6.07) is 0. The Kier molecular flexibility index (Phi) is 1.48. The number of aliphatic hydroxyl groups is 1. The monoisotopic (exact) mass is 142 g/mol. The van der Waals surface area contributed by atoms with E-state index in [9.17, 15) is 5.11 Å². The van der Waals surface area contributed by atoms with Gasteiger partial charge in [0.05, 0.1) is 0 Å². The van der Waals surface area contributed by atoms with Crippen LogP contribution in [0.25, 0.3) is 0 Å². The van der Waals surface area contributed by atoms with Crippen molar-refractivity contribution in [2.45, 2.75) is 26.4 Å². The third-order valence-electron chi connectivity index (χ3n) is 1.23. The standard InChI is InChI=1S/C6H10N2O2/c1-4-5(6(2,3)9)8-10-7-4/h9H,1-3H3. The molecule has 0 aromatic carbocycles. The summed E-state index contributed by atoms with van der Waals surface area (Å²) in [5.41, 5.74) is 0.171. The van der Waals surface area contributed by atoms with Crippen molar-refractivity contribution < 1.29 is 9.74 Å². The van der Waals surface area contributed by atoms with E-state index in [1.807, 2.05) is 0 Å². The van der Waals surface area contributed by atoms with Crippen LogP contribution in [0.4, 0.5) is 0 Å². The normalized spacial score (nSPS) is 12.0. The zero-order valence-electron chi connectivity index (χ0n) is 6.25. The van der Waals surface area contributed by atoms with Gasteiger partial charge in [-0.2, -0.15) is 0 Å². The summed E-state index contributed by atoms with van der Waals surface area (Å²) < 4.78 is 4.41. The minimum atomic E-state index is -0.954. The summed E-state index contributed by atoms with van der Waals surface area (Å²) in [6.07, 6.45) is 0. The van der Waals surface area contributed by atoms with Gasteiger partial charge in [-0.05, 0) is 20.8 Å². The Balaban J connectivity index is 3.05. The first-order chi connectivity index (χ1) is 4.52. The average Bonchev–Trinajstić information content (AvgIpc) is 2.11. The fourth-order valence-corrected chi connectivity index (χ4v) is 0.786. The molecule has 56 valence electrons. The lowest BCUT2D eigenvalue weighted by Gasteiger charge is -2.12. The highest BCUT2D eigenvalue weighted by molar-refractivity contribution is 5.11. The highest BCUT2D eigenvalue weighted by atomic mass is 16.6. The Morgan fingerprint density at radius 3 is 2.20 bits per heavy atom. The largest absolute Gasteiger partial charge is 0.384 e. The number of nitrogens with zero attached hydrogens (tertiary/aromatic N) is 2. The molecule has 0 atom stereocenters. The van der Waals surface area contributed by atoms with Crippen LogP contribution in [0.2, 0.25) is 0 Å². The Labute approximate surface area is 58.8 Å². The van der Waals surface area contributed by atoms with Crippen molar-refractivity contribution in [2.24, 2.45) is 0 Å². The van der Waals surface area contributed by atoms with Gasteiger partial charge in [-0.1, -0.05) is 10.3 Å². The van der Waals surface area contributed by atoms with Gasteiger partial charge in [0.1, 0.15) is 17.0 Å². The Bertz CT molecular complexity index is 224. The van der Waals surface area contributed by atoms with Gasteiger partial charge in [0.25, 0.3) is 0 Å². The molecule has 1 heterocycles. The molecule has 0 aliphatic heterocycles. The minimum absolute atomic E-state index is 0.493. The van der Waals surface area contributed by atoms with Gasteiger partial charge >= 0.3 is 0 Å². The first-order valence-electron chi connectivity index (χ1n) is 3.04. The van der Waals surface area contributed by atoms with Crippen LogP contribution in [0, 0.1) is 6.92 Å². The van der Waals surface area contributed by atoms with Gasteiger partial charge in [0, 0.05) is 0 Å². The maximum absolute atomic E-state index is 9.40. The number of hydrogen-bond donors (Lipinski definition) is 1. The number of rotatable bonds is 1. The van der Waals surface area contributed by atoms with Crippen molar-refractivity contribution >= 4 is 0 Å². The van der Waals surface area contributed by atoms with Crippen molar-refractivity contribution in [2.75, 3.05) is 0 Å². The van der Waals surface area contributed by atoms with Crippen LogP contribution >= 0.6 is 0 Å². The predicted molar refractivity (Wildman–Crippen MR) is 34.3 cm³/mol. The molecule has 0 saturated carbocycles. The fraction of sp³-hybridized carbons (Fsp3) is 0.667. The van der Waals surface area contributed by atoms with E-state index in [1.54, 1.807) is 20.8 Å². The van der Waals surface area contributed by atoms with Crippen LogP contribution < -0.4 is 0 Å². The van der Waals surface area contributed by atoms with Crippen LogP contribution in [0.5, 0.6) is 0 Å². The zero-order chi connectivity index (χ0) is 7.78. The fourth-order valence-electron chi connectivity index (χ4n) is 0.786. The summed E-state index contributed by atoms with van der Waals surface area (Å²) in [5.74, 6) is 0. The quantitative estimate of drug-likeness (QED) is 0.624. The molecule has 0 amide bonds. The molecule has 0 aliphatic carbocycles. The molecule has 0 fully saturated rings. The molecule has 1 N–H and O–H groups in total. The van der Waals surface area contributed by atoms with Crippen molar-refractivity contribution in [3.05, 3.63) is 11.4 Å². The van der Waals surface area contributed by atoms with Gasteiger partial charge in [-0.3, -0.25) is 0 Å². The summed E-state index contributed by atoms with van der Waals surface area (Å²) >= 11 is 0. The van der Waals surface area contributed by atoms with Crippen LogP contribution in [-0.4, -0.2) is 15.4 Å². The smallest absolute Gasteiger partial charge is 0.139 e. The predicted octanol–water partition coefficient (Wildman–Crippen LogP) is 0.605. The molecule has 0 unspecified atom stereocenters. The Morgan fingerprint density at radius 1 is 1.40 bits per heavy atom. The van der Waals surface area contributed by atoms with Crippen LogP contribution in [0.3, 0.4) is 0 Å². The zero-order valence-corrected chi connectivity index (χ0v) is 6.25. The molecule has 1 aromatic heterocycles. The summed E-state index contributed by atoms with van der Waals surface area (Å²) in [6.45, 7) is 5.02. The van der Waals surface area contributed by atoms with E-state index in [-0.39, 0.29) is 0 Å². The van der Waals surface area contributed by atoms with Crippen molar-refractivity contribution in [1.29, 1.82) is 0 Å². The maximum atomic E-state index is 9.40. The van der Waals surface area contributed by atoms with Crippen molar-refractivity contribution in [1.82, 2.24) is 10.3 Å². The van der Waals surface area contributed by atoms with Gasteiger partial charge in [0.15, 0.2) is 0 Å². The maximum Gasteiger partial charge on any atom is 0.139 e. The molecule has 4 nitrogen and oxygen atoms in total. The molecule has 0 radical (unpaired) electrons. The summed E-state index contributed by atoms with van der Waals surface area (Å²) in [4.78, 5) is 0. The van der Waals surface area contributed by atoms with Crippen molar-refractivity contribution in [3.8, 4) is 0 Å². The molecule has 4 heteroatoms. The van der Waals surface area contributed by atoms with Gasteiger partial charge in [-0.15, -0.1) is 0 Å². The highest BCUT2D eigenvalue weighted by Gasteiger charge is 2.23. The van der Waals surface area contributed by atoms with E-state index in [0.29, 0.717) is 11.4 Å². The van der Waals surface area contributed by atoms with E-state index < -0.39 is 5.60 Å². The lowest BCUT2D eigenvalue weighted by molar-refractivity contribution is 0.0691. The molecular weight excluding hydrogens is 132 g/mol. The van der Waals surface area contributed by atoms with Gasteiger partial charge in [-0.25, -0.2) is 4.63 Å². The topological polar surface area (TPSA) is 59.2 Å². The van der Waals surface area contributed by atoms with Crippen LogP contribution in [-0.2, 0) is 5.60 Å². The second-order valence-electron chi connectivity index (χ2n) is 2.76. The molecular formula is C6H10N2O2. The number of hydrogen-bond acceptors (Lipinski definition) is 4. The van der Waals surface area contributed by atoms with Gasteiger partial charge in [0.2, 0.25) is 0 Å². The molecule has 0 bridgehead atoms. The van der Waals surface area contributed by atoms with Crippen LogP contribution in [0.1, 0.15) is 25.2 Å². The second kappa shape index (κ2) is 2.05. The minimum Gasteiger partial charge on any atom is -0.384 e. The Morgan fingerprint density at radius 2 is 2.00 bits per heavy atom. The van der Waals surface area contributed by atoms with Gasteiger partial charge < -0.3 is 5.11 Å². The average molecular weight is 142 g/mol. The van der Waals surface area contributed by atoms with E-state index in [4.69, 9.17) is 0 Å². The molecule has 1 rings (SSSR count). The van der Waals surface area contributed by atoms with Crippen molar-refractivity contribution in [3.63, 3.8) is 0 Å². The third kappa shape index (κ3) is 1.16. The molecule has 1 aromatic rings. The third-order valence-corrected chi connectivity index (χ3v) is 1.23. The number of aromatic nitrogens is 2. The lowest BCUT2D eigenvalue weighted by atomic mass is 10.0. The first kappa shape index (κ1) is 7.21. The molecule has 0 aliphatic rings. The van der Waals surface area contributed by atoms with E-state index in [1.165, 1.54) is 0 Å². The molecule has 0 saturated heterocycles. The van der Waals surface area contributed by atoms with Crippen LogP contribution in [0.15, 0.2) is 4.63 Å². The summed E-state index contributed by atoms with van der Waals surface area (Å²) in [5, 5.41) is 16.5. The van der Waals surface area contributed by atoms with E-state index in [0.717, 1.165) is 0 Å². The lowest BCUT2D eigenvalue weighted by Crippen LogP contribution is -2.17. The SMILES string of the molecule is Cc1nonc1C(C)(C)O. The summed E-state index contributed by atoms with van der Waals surface area (Å²) in [7, 11) is 0. The number of aryl methyl sites for hydroxylation is 1. The highest BCUT2D eigenvalue weighted by Crippen LogP contribution is 2.18. The first-order valence-corrected chi connectivity index (χ1v) is 3.04. The van der Waals surface area contributed by atoms with E-state index >= 15 is 0 Å². The second-order valence-corrected chi connectivity index (χ2v) is 2.76. The van der Waals surface area contributed by atoms with E-state index in [2.05, 4.69) is 14.9 Å². The molecule has 0 spiro atoms. The Hall–Kier alpha value is -0.900. The molecule has 10 heavy (non-hydrogen) atoms.